The van der Waals surface area contributed by atoms with Crippen molar-refractivity contribution in [2.24, 2.45) is 7.05 Å². The van der Waals surface area contributed by atoms with Crippen molar-refractivity contribution < 1.29 is 5.11 Å². The van der Waals surface area contributed by atoms with Gasteiger partial charge in [-0.3, -0.25) is 18.9 Å². The van der Waals surface area contributed by atoms with Crippen molar-refractivity contribution in [1.82, 2.24) is 19.1 Å². The molecule has 2 aromatic heterocycles. The van der Waals surface area contributed by atoms with Gasteiger partial charge in [0.25, 0.3) is 5.56 Å². The highest BCUT2D eigenvalue weighted by Gasteiger charge is 2.14. The third kappa shape index (κ3) is 4.04. The summed E-state index contributed by atoms with van der Waals surface area (Å²) in [4.78, 5) is 32.0. The average Bonchev–Trinajstić information content (AvgIpc) is 2.99. The molecule has 3 N–H and O–H groups in total. The van der Waals surface area contributed by atoms with E-state index in [2.05, 4.69) is 15.3 Å². The van der Waals surface area contributed by atoms with Crippen LogP contribution in [-0.4, -0.2) is 36.9 Å². The smallest absolute Gasteiger partial charge is 0.329 e. The van der Waals surface area contributed by atoms with Crippen molar-refractivity contribution in [3.63, 3.8) is 0 Å². The number of para-hydroxylation sites is 2. The number of imidazole rings is 1. The molecule has 2 heterocycles. The van der Waals surface area contributed by atoms with Gasteiger partial charge < -0.3 is 10.4 Å². The lowest BCUT2D eigenvalue weighted by Gasteiger charge is -2.17. The Kier molecular flexibility index (Phi) is 5.49. The first-order valence-electron chi connectivity index (χ1n) is 9.71. The fourth-order valence-corrected chi connectivity index (χ4v) is 3.59. The Labute approximate surface area is 172 Å². The summed E-state index contributed by atoms with van der Waals surface area (Å²) < 4.78 is 3.16. The van der Waals surface area contributed by atoms with E-state index in [4.69, 9.17) is 0 Å². The number of fused-ring (bicyclic) bond motifs is 1. The second-order valence-corrected chi connectivity index (χ2v) is 7.22. The lowest BCUT2D eigenvalue weighted by atomic mass is 10.1. The molecule has 8 heteroatoms. The predicted molar refractivity (Wildman–Crippen MR) is 116 cm³/mol. The zero-order valence-electron chi connectivity index (χ0n) is 16.6. The fraction of sp³-hybridized carbons (Fsp3) is 0.227. The van der Waals surface area contributed by atoms with Gasteiger partial charge in [-0.25, -0.2) is 9.78 Å². The summed E-state index contributed by atoms with van der Waals surface area (Å²) in [6.45, 7) is 0.0485. The van der Waals surface area contributed by atoms with Crippen molar-refractivity contribution in [3.05, 3.63) is 92.8 Å². The standard InChI is InChI=1S/C22H23N5O3/c1-26-18-9-5-6-10-19(18)27(22(26)30)13-16-12-20(29)25-21(23-16)24-17(14-28)11-15-7-3-2-4-8-15/h2-10,12,17,28H,11,13-14H2,1H3,(H2,23,24,25,29)/t17-/m1/s1. The number of hydrogen-bond acceptors (Lipinski definition) is 5. The zero-order valence-corrected chi connectivity index (χ0v) is 16.6. The summed E-state index contributed by atoms with van der Waals surface area (Å²) in [6.07, 6.45) is 0.577. The number of aliphatic hydroxyl groups excluding tert-OH is 1. The minimum absolute atomic E-state index is 0.119. The lowest BCUT2D eigenvalue weighted by molar-refractivity contribution is 0.273. The highest BCUT2D eigenvalue weighted by molar-refractivity contribution is 5.75. The number of nitrogens with one attached hydrogen (secondary N) is 2. The molecule has 154 valence electrons. The largest absolute Gasteiger partial charge is 0.394 e. The van der Waals surface area contributed by atoms with Crippen LogP contribution in [-0.2, 0) is 20.0 Å². The molecule has 4 aromatic rings. The number of aromatic amines is 1. The SMILES string of the molecule is Cn1c(=O)n(Cc2cc(=O)[nH]c(N[C@@H](CO)Cc3ccccc3)n2)c2ccccc21. The van der Waals surface area contributed by atoms with Gasteiger partial charge in [0.1, 0.15) is 0 Å². The summed E-state index contributed by atoms with van der Waals surface area (Å²) in [5.74, 6) is 0.265. The molecule has 1 atom stereocenters. The number of rotatable bonds is 7. The Morgan fingerprint density at radius 2 is 1.77 bits per heavy atom. The zero-order chi connectivity index (χ0) is 21.1. The topological polar surface area (TPSA) is 105 Å². The summed E-state index contributed by atoms with van der Waals surface area (Å²) in [6, 6.07) is 18.3. The molecule has 0 amide bonds. The maximum atomic E-state index is 12.7. The first-order valence-corrected chi connectivity index (χ1v) is 9.71. The fourth-order valence-electron chi connectivity index (χ4n) is 3.59. The van der Waals surface area contributed by atoms with E-state index in [-0.39, 0.29) is 36.4 Å². The van der Waals surface area contributed by atoms with Gasteiger partial charge >= 0.3 is 5.69 Å². The Morgan fingerprint density at radius 1 is 1.07 bits per heavy atom. The molecule has 0 fully saturated rings. The molecule has 4 rings (SSSR count). The highest BCUT2D eigenvalue weighted by atomic mass is 16.3. The molecule has 0 saturated heterocycles. The number of nitrogens with zero attached hydrogens (tertiary/aromatic N) is 3. The van der Waals surface area contributed by atoms with Crippen LogP contribution in [0.2, 0.25) is 0 Å². The van der Waals surface area contributed by atoms with Crippen molar-refractivity contribution in [3.8, 4) is 0 Å². The quantitative estimate of drug-likeness (QED) is 0.432. The number of aryl methyl sites for hydroxylation is 1. The first-order chi connectivity index (χ1) is 14.5. The summed E-state index contributed by atoms with van der Waals surface area (Å²) in [5.41, 5.74) is 2.60. The molecule has 0 aliphatic heterocycles. The van der Waals surface area contributed by atoms with Crippen molar-refractivity contribution >= 4 is 17.0 Å². The molecule has 0 saturated carbocycles. The Bertz CT molecular complexity index is 1270. The third-order valence-corrected chi connectivity index (χ3v) is 5.05. The van der Waals surface area contributed by atoms with E-state index in [1.54, 1.807) is 16.2 Å². The van der Waals surface area contributed by atoms with E-state index in [9.17, 15) is 14.7 Å². The average molecular weight is 405 g/mol. The number of anilines is 1. The second-order valence-electron chi connectivity index (χ2n) is 7.22. The van der Waals surface area contributed by atoms with Crippen LogP contribution >= 0.6 is 0 Å². The molecule has 2 aromatic carbocycles. The Hall–Kier alpha value is -3.65. The molecule has 8 nitrogen and oxygen atoms in total. The predicted octanol–water partition coefficient (Wildman–Crippen LogP) is 1.49. The number of aliphatic hydroxyl groups is 1. The maximum absolute atomic E-state index is 12.7. The van der Waals surface area contributed by atoms with Gasteiger partial charge in [-0.15, -0.1) is 0 Å². The van der Waals surface area contributed by atoms with Crippen LogP contribution in [0.25, 0.3) is 11.0 Å². The highest BCUT2D eigenvalue weighted by Crippen LogP contribution is 2.13. The number of aromatic nitrogens is 4. The van der Waals surface area contributed by atoms with Gasteiger partial charge in [0.2, 0.25) is 5.95 Å². The van der Waals surface area contributed by atoms with Crippen LogP contribution < -0.4 is 16.6 Å². The number of benzene rings is 2. The van der Waals surface area contributed by atoms with Gasteiger partial charge in [-0.2, -0.15) is 0 Å². The summed E-state index contributed by atoms with van der Waals surface area (Å²) in [7, 11) is 1.72. The molecule has 0 spiro atoms. The van der Waals surface area contributed by atoms with Crippen LogP contribution in [0, 0.1) is 0 Å². The first kappa shape index (κ1) is 19.7. The monoisotopic (exact) mass is 405 g/mol. The van der Waals surface area contributed by atoms with E-state index in [0.717, 1.165) is 16.6 Å². The van der Waals surface area contributed by atoms with E-state index in [1.807, 2.05) is 54.6 Å². The molecule has 0 aliphatic rings. The third-order valence-electron chi connectivity index (χ3n) is 5.05. The molecule has 0 radical (unpaired) electrons. The van der Waals surface area contributed by atoms with E-state index in [0.29, 0.717) is 12.1 Å². The Morgan fingerprint density at radius 3 is 2.50 bits per heavy atom. The lowest BCUT2D eigenvalue weighted by Crippen LogP contribution is -2.29. The summed E-state index contributed by atoms with van der Waals surface area (Å²) >= 11 is 0. The van der Waals surface area contributed by atoms with E-state index in [1.165, 1.54) is 6.07 Å². The molecule has 0 unspecified atom stereocenters. The molecule has 30 heavy (non-hydrogen) atoms. The van der Waals surface area contributed by atoms with Gasteiger partial charge in [-0.1, -0.05) is 42.5 Å². The van der Waals surface area contributed by atoms with Gasteiger partial charge in [-0.05, 0) is 24.1 Å². The minimum Gasteiger partial charge on any atom is -0.394 e. The normalized spacial score (nSPS) is 12.2. The van der Waals surface area contributed by atoms with E-state index < -0.39 is 0 Å². The number of H-pyrrole nitrogens is 1. The van der Waals surface area contributed by atoms with Gasteiger partial charge in [0.15, 0.2) is 0 Å². The van der Waals surface area contributed by atoms with Crippen LogP contribution in [0.3, 0.4) is 0 Å². The van der Waals surface area contributed by atoms with Crippen molar-refractivity contribution in [1.29, 1.82) is 0 Å². The van der Waals surface area contributed by atoms with Crippen molar-refractivity contribution in [2.45, 2.75) is 19.0 Å². The van der Waals surface area contributed by atoms with E-state index >= 15 is 0 Å². The van der Waals surface area contributed by atoms with Crippen LogP contribution in [0.4, 0.5) is 5.95 Å². The van der Waals surface area contributed by atoms with Crippen LogP contribution in [0.5, 0.6) is 0 Å². The molecule has 0 aliphatic carbocycles. The number of hydrogen-bond donors (Lipinski definition) is 3. The van der Waals surface area contributed by atoms with Crippen LogP contribution in [0.1, 0.15) is 11.3 Å². The van der Waals surface area contributed by atoms with Crippen LogP contribution in [0.15, 0.2) is 70.3 Å². The van der Waals surface area contributed by atoms with Gasteiger partial charge in [0, 0.05) is 13.1 Å². The molecule has 0 bridgehead atoms. The Balaban J connectivity index is 1.60. The summed E-state index contributed by atoms with van der Waals surface area (Å²) in [5, 5.41) is 12.8. The molecular weight excluding hydrogens is 382 g/mol. The maximum Gasteiger partial charge on any atom is 0.329 e. The van der Waals surface area contributed by atoms with Gasteiger partial charge in [0.05, 0.1) is 35.9 Å². The van der Waals surface area contributed by atoms with Crippen molar-refractivity contribution in [2.75, 3.05) is 11.9 Å². The molecular formula is C22H23N5O3. The second kappa shape index (κ2) is 8.38. The minimum atomic E-state index is -0.327.